The van der Waals surface area contributed by atoms with E-state index in [-0.39, 0.29) is 29.6 Å². The van der Waals surface area contributed by atoms with Gasteiger partial charge in [0.15, 0.2) is 5.78 Å². The monoisotopic (exact) mass is 623 g/mol. The highest BCUT2D eigenvalue weighted by molar-refractivity contribution is 7.03. The van der Waals surface area contributed by atoms with Crippen LogP contribution in [0.3, 0.4) is 0 Å². The Kier molecular flexibility index (Phi) is 8.52. The first-order valence-corrected chi connectivity index (χ1v) is 14.8. The maximum atomic E-state index is 14.4. The molecule has 0 spiro atoms. The van der Waals surface area contributed by atoms with Crippen LogP contribution in [0.15, 0.2) is 59.0 Å². The van der Waals surface area contributed by atoms with E-state index in [1.807, 2.05) is 38.3 Å². The Morgan fingerprint density at radius 1 is 1.14 bits per heavy atom. The molecule has 2 aliphatic rings. The van der Waals surface area contributed by atoms with Gasteiger partial charge in [0.05, 0.1) is 11.6 Å². The maximum Gasteiger partial charge on any atom is 0.326 e. The van der Waals surface area contributed by atoms with Crippen LogP contribution in [0.4, 0.5) is 4.79 Å². The van der Waals surface area contributed by atoms with E-state index in [0.717, 1.165) is 11.1 Å². The molecule has 0 radical (unpaired) electrons. The minimum atomic E-state index is -1.24. The lowest BCUT2D eigenvalue weighted by atomic mass is 9.96. The Balaban J connectivity index is 1.69. The number of nitrogens with one attached hydrogen (secondary N) is 1. The molecule has 1 aromatic heterocycles. The summed E-state index contributed by atoms with van der Waals surface area (Å²) in [5.74, 6) is -1.55. The Morgan fingerprint density at radius 3 is 2.51 bits per heavy atom. The highest BCUT2D eigenvalue weighted by Crippen LogP contribution is 2.45. The predicted octanol–water partition coefficient (Wildman–Crippen LogP) is 4.73. The zero-order chi connectivity index (χ0) is 30.9. The second kappa shape index (κ2) is 12.1. The van der Waals surface area contributed by atoms with Crippen molar-refractivity contribution < 1.29 is 29.0 Å². The van der Waals surface area contributed by atoms with Crippen molar-refractivity contribution in [2.45, 2.75) is 44.9 Å². The first-order chi connectivity index (χ1) is 20.4. The van der Waals surface area contributed by atoms with Gasteiger partial charge in [-0.1, -0.05) is 29.8 Å². The first kappa shape index (κ1) is 30.2. The molecular formula is C30H30ClN5O6S. The Hall–Kier alpha value is -4.29. The van der Waals surface area contributed by atoms with Gasteiger partial charge in [0, 0.05) is 40.8 Å². The summed E-state index contributed by atoms with van der Waals surface area (Å²) in [7, 11) is 0. The second-order valence-electron chi connectivity index (χ2n) is 11.2. The van der Waals surface area contributed by atoms with Gasteiger partial charge in [0.1, 0.15) is 36.2 Å². The molecular weight excluding hydrogens is 594 g/mol. The van der Waals surface area contributed by atoms with Crippen LogP contribution in [-0.2, 0) is 9.59 Å². The maximum absolute atomic E-state index is 14.4. The van der Waals surface area contributed by atoms with Crippen LogP contribution >= 0.6 is 23.1 Å². The van der Waals surface area contributed by atoms with E-state index < -0.39 is 41.9 Å². The molecule has 3 amide bonds. The summed E-state index contributed by atoms with van der Waals surface area (Å²) in [5.41, 5.74) is 1.43. The van der Waals surface area contributed by atoms with E-state index in [1.165, 1.54) is 28.6 Å². The number of nitrogens with zero attached hydrogens (tertiary/aromatic N) is 4. The summed E-state index contributed by atoms with van der Waals surface area (Å²) in [6, 6.07) is 10.2. The molecule has 2 aromatic carbocycles. The number of hydrogen-bond acceptors (Lipinski definition) is 8. The highest BCUT2D eigenvalue weighted by Gasteiger charge is 2.45. The number of ether oxygens (including phenoxy) is 1. The molecule has 2 aliphatic heterocycles. The number of amidine groups is 1. The van der Waals surface area contributed by atoms with E-state index in [2.05, 4.69) is 9.69 Å². The molecule has 43 heavy (non-hydrogen) atoms. The summed E-state index contributed by atoms with van der Waals surface area (Å²) in [6.45, 7) is 6.02. The zero-order valence-corrected chi connectivity index (χ0v) is 25.3. The number of hydrogen-bond donors (Lipinski definition) is 2. The number of piperazine rings is 1. The number of aromatic nitrogens is 1. The molecule has 0 bridgehead atoms. The van der Waals surface area contributed by atoms with Crippen LogP contribution in [0.2, 0.25) is 5.02 Å². The molecule has 13 heteroatoms. The van der Waals surface area contributed by atoms with E-state index in [4.69, 9.17) is 21.3 Å². The van der Waals surface area contributed by atoms with Crippen molar-refractivity contribution in [1.29, 1.82) is 0 Å². The molecule has 2 N–H and O–H groups in total. The number of carboxylic acid groups (broad SMARTS) is 1. The van der Waals surface area contributed by atoms with Crippen LogP contribution in [0.25, 0.3) is 0 Å². The largest absolute Gasteiger partial charge is 0.487 e. The van der Waals surface area contributed by atoms with Gasteiger partial charge in [-0.15, -0.1) is 0 Å². The smallest absolute Gasteiger partial charge is 0.326 e. The molecule has 2 atom stereocenters. The number of carbonyl (C=O) groups is 4. The normalized spacial score (nSPS) is 18.7. The number of carbonyl (C=O) groups excluding carboxylic acids is 3. The van der Waals surface area contributed by atoms with Crippen molar-refractivity contribution in [2.24, 2.45) is 4.99 Å². The number of carboxylic acids is 1. The summed E-state index contributed by atoms with van der Waals surface area (Å²) in [5, 5.41) is 14.3. The molecule has 0 saturated carbocycles. The minimum absolute atomic E-state index is 0.114. The molecule has 3 aromatic rings. The molecule has 3 heterocycles. The molecule has 224 valence electrons. The molecule has 1 saturated heterocycles. The number of Topliss-reactive ketones (excluding diaryl/α,β-unsaturated/α-hetero) is 1. The lowest BCUT2D eigenvalue weighted by Crippen LogP contribution is -2.55. The lowest BCUT2D eigenvalue weighted by Gasteiger charge is -2.35. The molecule has 11 nitrogen and oxygen atoms in total. The van der Waals surface area contributed by atoms with Crippen molar-refractivity contribution in [3.63, 3.8) is 0 Å². The summed E-state index contributed by atoms with van der Waals surface area (Å²) < 4.78 is 10.6. The van der Waals surface area contributed by atoms with Crippen molar-refractivity contribution in [2.75, 3.05) is 19.6 Å². The van der Waals surface area contributed by atoms with Crippen molar-refractivity contribution in [3.8, 4) is 5.75 Å². The average molecular weight is 624 g/mol. The van der Waals surface area contributed by atoms with Gasteiger partial charge < -0.3 is 20.1 Å². The zero-order valence-electron chi connectivity index (χ0n) is 23.7. The number of aliphatic imine (C=N–C) groups is 1. The third kappa shape index (κ3) is 6.70. The van der Waals surface area contributed by atoms with Gasteiger partial charge in [-0.3, -0.25) is 24.3 Å². The van der Waals surface area contributed by atoms with Gasteiger partial charge in [0.25, 0.3) is 0 Å². The summed E-state index contributed by atoms with van der Waals surface area (Å²) >= 11 is 7.44. The summed E-state index contributed by atoms with van der Waals surface area (Å²) in [6.07, 6.45) is 1.02. The van der Waals surface area contributed by atoms with Crippen molar-refractivity contribution >= 4 is 52.7 Å². The Labute approximate surface area is 257 Å². The third-order valence-electron chi connectivity index (χ3n) is 6.86. The minimum Gasteiger partial charge on any atom is -0.487 e. The number of aliphatic carboxylic acids is 1. The van der Waals surface area contributed by atoms with Crippen molar-refractivity contribution in [1.82, 2.24) is 19.5 Å². The topological polar surface area (TPSA) is 142 Å². The van der Waals surface area contributed by atoms with E-state index in [9.17, 15) is 24.3 Å². The van der Waals surface area contributed by atoms with Crippen LogP contribution in [0, 0.1) is 0 Å². The first-order valence-electron chi connectivity index (χ1n) is 13.6. The van der Waals surface area contributed by atoms with E-state index in [0.29, 0.717) is 23.7 Å². The number of rotatable bonds is 7. The Morgan fingerprint density at radius 2 is 1.88 bits per heavy atom. The van der Waals surface area contributed by atoms with Crippen LogP contribution < -0.4 is 10.1 Å². The van der Waals surface area contributed by atoms with Crippen LogP contribution in [0.1, 0.15) is 66.3 Å². The van der Waals surface area contributed by atoms with Gasteiger partial charge >= 0.3 is 12.0 Å². The second-order valence-corrected chi connectivity index (χ2v) is 12.3. The standard InChI is InChI=1S/C30H30ClN5O6S/c1-30(2,3)42-23-12-18(22(37)13-25(39)40)6-9-21(23)28-34-26(17-4-7-20(31)8-5-17)27(19-14-33-43-16-19)36(28)29(41)35-11-10-32-24(38)15-35/h4-9,12,14,16,26-27H,10-11,13,15H2,1-3H3,(H,32,38)(H,39,40). The van der Waals surface area contributed by atoms with E-state index in [1.54, 1.807) is 29.3 Å². The molecule has 2 unspecified atom stereocenters. The SMILES string of the molecule is CC(C)(C)Oc1cc(C(=O)CC(=O)O)ccc1C1=NC(c2ccc(Cl)cc2)C(c2cnsc2)N1C(=O)N1CCNC(=O)C1. The van der Waals surface area contributed by atoms with Crippen molar-refractivity contribution in [3.05, 3.63) is 81.3 Å². The number of ketones is 1. The summed E-state index contributed by atoms with van der Waals surface area (Å²) in [4.78, 5) is 58.7. The predicted molar refractivity (Wildman–Crippen MR) is 161 cm³/mol. The lowest BCUT2D eigenvalue weighted by molar-refractivity contribution is -0.136. The number of halogens is 1. The highest BCUT2D eigenvalue weighted by atomic mass is 35.5. The van der Waals surface area contributed by atoms with Crippen LogP contribution in [0.5, 0.6) is 5.75 Å². The molecule has 1 fully saturated rings. The number of amides is 3. The van der Waals surface area contributed by atoms with Gasteiger partial charge in [-0.05, 0) is 62.1 Å². The fourth-order valence-electron chi connectivity index (χ4n) is 5.04. The fraction of sp³-hybridized carbons (Fsp3) is 0.333. The fourth-order valence-corrected chi connectivity index (χ4v) is 5.73. The average Bonchev–Trinajstić information content (AvgIpc) is 3.60. The molecule has 5 rings (SSSR count). The number of urea groups is 1. The van der Waals surface area contributed by atoms with Crippen LogP contribution in [-0.4, -0.2) is 74.0 Å². The van der Waals surface area contributed by atoms with Gasteiger partial charge in [-0.2, -0.15) is 0 Å². The van der Waals surface area contributed by atoms with E-state index >= 15 is 0 Å². The quantitative estimate of drug-likeness (QED) is 0.286. The molecule has 0 aliphatic carbocycles. The van der Waals surface area contributed by atoms with Gasteiger partial charge in [0.2, 0.25) is 5.91 Å². The van der Waals surface area contributed by atoms with Gasteiger partial charge in [-0.25, -0.2) is 9.17 Å². The Bertz CT molecular complexity index is 1590. The third-order valence-corrected chi connectivity index (χ3v) is 7.72. The number of benzene rings is 2.